The van der Waals surface area contributed by atoms with Crippen molar-refractivity contribution in [3.8, 4) is 0 Å². The lowest BCUT2D eigenvalue weighted by molar-refractivity contribution is 0.481. The predicted molar refractivity (Wildman–Crippen MR) is 58.5 cm³/mol. The molecule has 0 aromatic heterocycles. The van der Waals surface area contributed by atoms with Crippen molar-refractivity contribution in [1.29, 1.82) is 0 Å². The van der Waals surface area contributed by atoms with E-state index in [1.54, 1.807) is 0 Å². The first-order valence-corrected chi connectivity index (χ1v) is 4.94. The highest BCUT2D eigenvalue weighted by Crippen LogP contribution is 2.29. The zero-order valence-electron chi connectivity index (χ0n) is 7.72. The molecule has 0 aliphatic carbocycles. The first kappa shape index (κ1) is 11.6. The van der Waals surface area contributed by atoms with Gasteiger partial charge in [-0.2, -0.15) is 0 Å². The van der Waals surface area contributed by atoms with Crippen LogP contribution in [0.4, 0.5) is 13.2 Å². The molecular formula is C10H8F3I. The lowest BCUT2D eigenvalue weighted by Crippen LogP contribution is -2.03. The average Bonchev–Trinajstić information content (AvgIpc) is 2.11. The summed E-state index contributed by atoms with van der Waals surface area (Å²) in [5.41, 5.74) is 0.343. The molecule has 0 bridgehead atoms. The molecule has 1 aromatic rings. The van der Waals surface area contributed by atoms with Gasteiger partial charge in [0.15, 0.2) is 11.6 Å². The smallest absolute Gasteiger partial charge is 0.175 e. The van der Waals surface area contributed by atoms with Gasteiger partial charge in [-0.05, 0) is 47.6 Å². The largest absolute Gasteiger partial charge is 0.205 e. The Balaban J connectivity index is 3.68. The van der Waals surface area contributed by atoms with Crippen LogP contribution in [-0.2, 0) is 0 Å². The van der Waals surface area contributed by atoms with Crippen LogP contribution in [0, 0.1) is 27.9 Å². The monoisotopic (exact) mass is 312 g/mol. The number of halogens is 4. The highest BCUT2D eigenvalue weighted by molar-refractivity contribution is 14.1. The molecule has 14 heavy (non-hydrogen) atoms. The molecule has 0 saturated carbocycles. The minimum atomic E-state index is -1.15. The average molecular weight is 312 g/mol. The fourth-order valence-corrected chi connectivity index (χ4v) is 1.89. The Morgan fingerprint density at radius 3 is 2.07 bits per heavy atom. The molecule has 0 fully saturated rings. The summed E-state index contributed by atoms with van der Waals surface area (Å²) in [6, 6.07) is 0. The van der Waals surface area contributed by atoms with Gasteiger partial charge in [-0.3, -0.25) is 0 Å². The molecule has 1 rings (SSSR count). The van der Waals surface area contributed by atoms with Crippen LogP contribution < -0.4 is 0 Å². The van der Waals surface area contributed by atoms with Crippen LogP contribution in [0.15, 0.2) is 6.58 Å². The molecule has 0 atom stereocenters. The SMILES string of the molecule is C=C(C)c1c(C)c(F)c(I)c(F)c1F. The van der Waals surface area contributed by atoms with Gasteiger partial charge in [0.05, 0.1) is 3.57 Å². The predicted octanol–water partition coefficient (Wildman–Crippen LogP) is 4.05. The molecule has 0 N–H and O–H groups in total. The third kappa shape index (κ3) is 1.67. The Kier molecular flexibility index (Phi) is 3.24. The van der Waals surface area contributed by atoms with E-state index in [0.717, 1.165) is 0 Å². The molecule has 0 nitrogen and oxygen atoms in total. The number of rotatable bonds is 1. The highest BCUT2D eigenvalue weighted by Gasteiger charge is 2.21. The first-order valence-electron chi connectivity index (χ1n) is 3.86. The van der Waals surface area contributed by atoms with E-state index in [4.69, 9.17) is 0 Å². The Labute approximate surface area is 94.0 Å². The standard InChI is InChI=1S/C10H8F3I/c1-4(2)6-5(3)7(11)10(14)9(13)8(6)12/h1H2,2-3H3. The summed E-state index contributed by atoms with van der Waals surface area (Å²) >= 11 is 1.44. The summed E-state index contributed by atoms with van der Waals surface area (Å²) < 4.78 is 39.5. The van der Waals surface area contributed by atoms with Crippen molar-refractivity contribution in [3.05, 3.63) is 38.7 Å². The van der Waals surface area contributed by atoms with Gasteiger partial charge in [0.2, 0.25) is 0 Å². The summed E-state index contributed by atoms with van der Waals surface area (Å²) in [6.07, 6.45) is 0. The maximum absolute atomic E-state index is 13.3. The molecule has 0 saturated heterocycles. The summed E-state index contributed by atoms with van der Waals surface area (Å²) in [4.78, 5) is 0. The van der Waals surface area contributed by atoms with Crippen LogP contribution in [0.3, 0.4) is 0 Å². The van der Waals surface area contributed by atoms with E-state index in [1.807, 2.05) is 0 Å². The lowest BCUT2D eigenvalue weighted by Gasteiger charge is -2.10. The van der Waals surface area contributed by atoms with Crippen molar-refractivity contribution in [1.82, 2.24) is 0 Å². The third-order valence-corrected chi connectivity index (χ3v) is 2.88. The van der Waals surface area contributed by atoms with E-state index < -0.39 is 17.5 Å². The second-order valence-electron chi connectivity index (χ2n) is 3.04. The van der Waals surface area contributed by atoms with E-state index in [0.29, 0.717) is 5.57 Å². The summed E-state index contributed by atoms with van der Waals surface area (Å²) in [5, 5.41) is 0. The third-order valence-electron chi connectivity index (χ3n) is 1.93. The van der Waals surface area contributed by atoms with Gasteiger partial charge in [-0.25, -0.2) is 13.2 Å². The van der Waals surface area contributed by atoms with Crippen LogP contribution in [0.1, 0.15) is 18.1 Å². The quantitative estimate of drug-likeness (QED) is 0.417. The second kappa shape index (κ2) is 3.92. The lowest BCUT2D eigenvalue weighted by atomic mass is 10.0. The number of hydrogen-bond acceptors (Lipinski definition) is 0. The number of benzene rings is 1. The van der Waals surface area contributed by atoms with Crippen LogP contribution in [0.2, 0.25) is 0 Å². The summed E-state index contributed by atoms with van der Waals surface area (Å²) in [6.45, 7) is 6.40. The van der Waals surface area contributed by atoms with Crippen molar-refractivity contribution in [2.75, 3.05) is 0 Å². The summed E-state index contributed by atoms with van der Waals surface area (Å²) in [5.74, 6) is -2.89. The molecule has 0 heterocycles. The molecule has 1 aromatic carbocycles. The molecule has 0 aliphatic rings. The zero-order chi connectivity index (χ0) is 11.0. The van der Waals surface area contributed by atoms with Crippen molar-refractivity contribution < 1.29 is 13.2 Å². The van der Waals surface area contributed by atoms with Gasteiger partial charge in [-0.15, -0.1) is 0 Å². The molecular weight excluding hydrogens is 304 g/mol. The van der Waals surface area contributed by atoms with Gasteiger partial charge in [0.1, 0.15) is 5.82 Å². The highest BCUT2D eigenvalue weighted by atomic mass is 127. The van der Waals surface area contributed by atoms with E-state index in [-0.39, 0.29) is 14.7 Å². The normalized spacial score (nSPS) is 10.4. The van der Waals surface area contributed by atoms with Crippen LogP contribution in [0.5, 0.6) is 0 Å². The number of allylic oxidation sites excluding steroid dienone is 1. The molecule has 0 amide bonds. The zero-order valence-corrected chi connectivity index (χ0v) is 9.88. The van der Waals surface area contributed by atoms with Crippen LogP contribution in [-0.4, -0.2) is 0 Å². The van der Waals surface area contributed by atoms with Crippen molar-refractivity contribution in [2.24, 2.45) is 0 Å². The summed E-state index contributed by atoms with van der Waals surface area (Å²) in [7, 11) is 0. The van der Waals surface area contributed by atoms with E-state index in [9.17, 15) is 13.2 Å². The minimum absolute atomic E-state index is 0.0691. The van der Waals surface area contributed by atoms with Gasteiger partial charge >= 0.3 is 0 Å². The Morgan fingerprint density at radius 2 is 1.64 bits per heavy atom. The maximum atomic E-state index is 13.3. The topological polar surface area (TPSA) is 0 Å². The molecule has 0 spiro atoms. The van der Waals surface area contributed by atoms with Crippen LogP contribution in [0.25, 0.3) is 5.57 Å². The van der Waals surface area contributed by atoms with Gasteiger partial charge in [0, 0.05) is 5.56 Å². The van der Waals surface area contributed by atoms with Gasteiger partial charge < -0.3 is 0 Å². The Morgan fingerprint density at radius 1 is 1.14 bits per heavy atom. The second-order valence-corrected chi connectivity index (χ2v) is 4.12. The minimum Gasteiger partial charge on any atom is -0.205 e. The molecule has 0 aliphatic heterocycles. The molecule has 4 heteroatoms. The van der Waals surface area contributed by atoms with Crippen molar-refractivity contribution in [3.63, 3.8) is 0 Å². The van der Waals surface area contributed by atoms with Crippen LogP contribution >= 0.6 is 22.6 Å². The number of hydrogen-bond donors (Lipinski definition) is 0. The Hall–Kier alpha value is -0.520. The molecule has 0 radical (unpaired) electrons. The van der Waals surface area contributed by atoms with E-state index >= 15 is 0 Å². The van der Waals surface area contributed by atoms with E-state index in [2.05, 4.69) is 6.58 Å². The van der Waals surface area contributed by atoms with E-state index in [1.165, 1.54) is 36.4 Å². The van der Waals surface area contributed by atoms with Gasteiger partial charge in [0.25, 0.3) is 0 Å². The van der Waals surface area contributed by atoms with Crippen molar-refractivity contribution in [2.45, 2.75) is 13.8 Å². The van der Waals surface area contributed by atoms with Crippen molar-refractivity contribution >= 4 is 28.2 Å². The fraction of sp³-hybridized carbons (Fsp3) is 0.200. The fourth-order valence-electron chi connectivity index (χ4n) is 1.25. The maximum Gasteiger partial charge on any atom is 0.175 e. The van der Waals surface area contributed by atoms with Gasteiger partial charge in [-0.1, -0.05) is 6.58 Å². The Bertz CT molecular complexity index is 381. The molecule has 76 valence electrons. The first-order chi connectivity index (χ1) is 6.37. The molecule has 0 unspecified atom stereocenters.